The molecule has 2 heterocycles. The highest BCUT2D eigenvalue weighted by Crippen LogP contribution is 2.13. The number of carbonyl (C=O) groups is 2. The molecule has 152 valence electrons. The van der Waals surface area contributed by atoms with Crippen molar-refractivity contribution >= 4 is 42.3 Å². The van der Waals surface area contributed by atoms with Crippen LogP contribution in [0.5, 0.6) is 0 Å². The van der Waals surface area contributed by atoms with E-state index in [0.29, 0.717) is 30.9 Å². The summed E-state index contributed by atoms with van der Waals surface area (Å²) in [6, 6.07) is 7.18. The fraction of sp³-hybridized carbons (Fsp3) is 0.556. The number of hydrogen-bond acceptors (Lipinski definition) is 5. The first-order chi connectivity index (χ1) is 12.1. The second-order valence-electron chi connectivity index (χ2n) is 6.65. The van der Waals surface area contributed by atoms with E-state index in [-0.39, 0.29) is 42.7 Å². The van der Waals surface area contributed by atoms with Gasteiger partial charge in [-0.1, -0.05) is 0 Å². The smallest absolute Gasteiger partial charge is 0.253 e. The number of halogens is 2. The molecule has 0 saturated carbocycles. The number of likely N-dealkylation sites (N-methyl/N-ethyl adjacent to an activating group) is 1. The summed E-state index contributed by atoms with van der Waals surface area (Å²) in [6.07, 6.45) is 0.377. The second kappa shape index (κ2) is 11.5. The first kappa shape index (κ1) is 23.7. The molecule has 7 nitrogen and oxygen atoms in total. The largest absolute Gasteiger partial charge is 0.378 e. The van der Waals surface area contributed by atoms with Crippen LogP contribution in [0, 0.1) is 0 Å². The Balaban J connectivity index is 0.00000182. The van der Waals surface area contributed by atoms with Gasteiger partial charge in [0.15, 0.2) is 0 Å². The first-order valence-electron chi connectivity index (χ1n) is 8.80. The molecule has 0 aromatic heterocycles. The number of morpholine rings is 1. The standard InChI is InChI=1S/C18H26N4O3.2ClH/c1-21-7-9-22(10-8-21)18(24)14-2-4-15(5-3-14)20-17(23)12-16-13-25-11-6-19-16;;/h2-5,16,19H,6-13H2,1H3,(H,20,23);2*1H. The molecule has 27 heavy (non-hydrogen) atoms. The maximum Gasteiger partial charge on any atom is 0.253 e. The molecule has 9 heteroatoms. The number of rotatable bonds is 4. The van der Waals surface area contributed by atoms with Crippen LogP contribution >= 0.6 is 24.8 Å². The van der Waals surface area contributed by atoms with E-state index in [2.05, 4.69) is 22.6 Å². The highest BCUT2D eigenvalue weighted by molar-refractivity contribution is 5.96. The predicted molar refractivity (Wildman–Crippen MR) is 110 cm³/mol. The molecule has 2 amide bonds. The zero-order valence-corrected chi connectivity index (χ0v) is 17.1. The van der Waals surface area contributed by atoms with E-state index in [1.165, 1.54) is 0 Å². The van der Waals surface area contributed by atoms with E-state index < -0.39 is 0 Å². The Morgan fingerprint density at radius 2 is 1.81 bits per heavy atom. The summed E-state index contributed by atoms with van der Waals surface area (Å²) >= 11 is 0. The molecule has 2 fully saturated rings. The third-order valence-electron chi connectivity index (χ3n) is 4.64. The lowest BCUT2D eigenvalue weighted by molar-refractivity contribution is -0.117. The highest BCUT2D eigenvalue weighted by Gasteiger charge is 2.20. The average molecular weight is 419 g/mol. The van der Waals surface area contributed by atoms with E-state index in [1.807, 2.05) is 4.90 Å². The van der Waals surface area contributed by atoms with Gasteiger partial charge in [-0.15, -0.1) is 24.8 Å². The minimum atomic E-state index is -0.0545. The van der Waals surface area contributed by atoms with Crippen molar-refractivity contribution in [3.63, 3.8) is 0 Å². The predicted octanol–water partition coefficient (Wildman–Crippen LogP) is 1.23. The number of piperazine rings is 1. The average Bonchev–Trinajstić information content (AvgIpc) is 2.63. The van der Waals surface area contributed by atoms with E-state index in [0.717, 1.165) is 32.7 Å². The Morgan fingerprint density at radius 3 is 2.41 bits per heavy atom. The lowest BCUT2D eigenvalue weighted by Crippen LogP contribution is -2.47. The van der Waals surface area contributed by atoms with Gasteiger partial charge in [0.05, 0.1) is 13.2 Å². The van der Waals surface area contributed by atoms with Crippen LogP contribution in [0.1, 0.15) is 16.8 Å². The van der Waals surface area contributed by atoms with Crippen LogP contribution in [0.2, 0.25) is 0 Å². The van der Waals surface area contributed by atoms with Crippen LogP contribution in [0.4, 0.5) is 5.69 Å². The van der Waals surface area contributed by atoms with Gasteiger partial charge in [-0.2, -0.15) is 0 Å². The Hall–Kier alpha value is -1.38. The lowest BCUT2D eigenvalue weighted by atomic mass is 10.1. The number of ether oxygens (including phenoxy) is 1. The van der Waals surface area contributed by atoms with Crippen molar-refractivity contribution in [3.05, 3.63) is 29.8 Å². The first-order valence-corrected chi connectivity index (χ1v) is 8.80. The van der Waals surface area contributed by atoms with Gasteiger partial charge in [0.2, 0.25) is 5.91 Å². The molecule has 1 atom stereocenters. The summed E-state index contributed by atoms with van der Waals surface area (Å²) in [7, 11) is 2.06. The fourth-order valence-electron chi connectivity index (χ4n) is 3.07. The van der Waals surface area contributed by atoms with Crippen LogP contribution in [-0.4, -0.2) is 80.6 Å². The normalized spacial score (nSPS) is 20.2. The van der Waals surface area contributed by atoms with E-state index in [9.17, 15) is 9.59 Å². The molecule has 1 aromatic rings. The maximum atomic E-state index is 12.5. The molecule has 0 aliphatic carbocycles. The van der Waals surface area contributed by atoms with Gasteiger partial charge in [0, 0.05) is 56.4 Å². The minimum absolute atomic E-state index is 0. The van der Waals surface area contributed by atoms with Crippen molar-refractivity contribution in [2.24, 2.45) is 0 Å². The number of nitrogens with zero attached hydrogens (tertiary/aromatic N) is 2. The molecule has 0 bridgehead atoms. The summed E-state index contributed by atoms with van der Waals surface area (Å²) < 4.78 is 5.35. The molecule has 2 aliphatic heterocycles. The van der Waals surface area contributed by atoms with E-state index in [4.69, 9.17) is 4.74 Å². The van der Waals surface area contributed by atoms with Crippen molar-refractivity contribution < 1.29 is 14.3 Å². The Kier molecular flexibility index (Phi) is 10.0. The van der Waals surface area contributed by atoms with Crippen molar-refractivity contribution in [1.82, 2.24) is 15.1 Å². The Morgan fingerprint density at radius 1 is 1.15 bits per heavy atom. The molecule has 2 aliphatic rings. The van der Waals surface area contributed by atoms with Crippen LogP contribution < -0.4 is 10.6 Å². The number of amides is 2. The monoisotopic (exact) mass is 418 g/mol. The summed E-state index contributed by atoms with van der Waals surface area (Å²) in [6.45, 7) is 5.35. The van der Waals surface area contributed by atoms with Crippen molar-refractivity contribution in [2.45, 2.75) is 12.5 Å². The quantitative estimate of drug-likeness (QED) is 0.768. The van der Waals surface area contributed by atoms with Crippen LogP contribution in [-0.2, 0) is 9.53 Å². The van der Waals surface area contributed by atoms with Gasteiger partial charge >= 0.3 is 0 Å². The van der Waals surface area contributed by atoms with E-state index in [1.54, 1.807) is 24.3 Å². The Labute approximate surface area is 172 Å². The zero-order chi connectivity index (χ0) is 17.6. The molecule has 1 unspecified atom stereocenters. The van der Waals surface area contributed by atoms with Crippen LogP contribution in [0.25, 0.3) is 0 Å². The summed E-state index contributed by atoms with van der Waals surface area (Å²) in [5, 5.41) is 6.13. The number of carbonyl (C=O) groups excluding carboxylic acids is 2. The van der Waals surface area contributed by atoms with Gasteiger partial charge in [-0.3, -0.25) is 9.59 Å². The topological polar surface area (TPSA) is 73.9 Å². The molecule has 2 N–H and O–H groups in total. The Bertz CT molecular complexity index is 601. The van der Waals surface area contributed by atoms with Crippen LogP contribution in [0.3, 0.4) is 0 Å². The summed E-state index contributed by atoms with van der Waals surface area (Å²) in [5.41, 5.74) is 1.36. The van der Waals surface area contributed by atoms with Crippen molar-refractivity contribution in [1.29, 1.82) is 0 Å². The third kappa shape index (κ3) is 6.93. The summed E-state index contributed by atoms with van der Waals surface area (Å²) in [5.74, 6) is -0.00400. The van der Waals surface area contributed by atoms with Gasteiger partial charge < -0.3 is 25.2 Å². The SMILES string of the molecule is CN1CCN(C(=O)c2ccc(NC(=O)CC3COCCN3)cc2)CC1.Cl.Cl. The van der Waals surface area contributed by atoms with Crippen molar-refractivity contribution in [2.75, 3.05) is 58.3 Å². The van der Waals surface area contributed by atoms with E-state index >= 15 is 0 Å². The molecular weight excluding hydrogens is 391 g/mol. The fourth-order valence-corrected chi connectivity index (χ4v) is 3.07. The second-order valence-corrected chi connectivity index (χ2v) is 6.65. The van der Waals surface area contributed by atoms with Gasteiger partial charge in [-0.05, 0) is 31.3 Å². The third-order valence-corrected chi connectivity index (χ3v) is 4.64. The number of hydrogen-bond donors (Lipinski definition) is 2. The molecule has 3 rings (SSSR count). The summed E-state index contributed by atoms with van der Waals surface area (Å²) in [4.78, 5) is 28.7. The maximum absolute atomic E-state index is 12.5. The molecule has 0 spiro atoms. The van der Waals surface area contributed by atoms with Crippen LogP contribution in [0.15, 0.2) is 24.3 Å². The molecule has 0 radical (unpaired) electrons. The number of anilines is 1. The van der Waals surface area contributed by atoms with Crippen molar-refractivity contribution in [3.8, 4) is 0 Å². The molecular formula is C18H28Cl2N4O3. The minimum Gasteiger partial charge on any atom is -0.378 e. The molecule has 1 aromatic carbocycles. The molecule has 2 saturated heterocycles. The van der Waals surface area contributed by atoms with Gasteiger partial charge in [0.25, 0.3) is 5.91 Å². The van der Waals surface area contributed by atoms with Gasteiger partial charge in [-0.25, -0.2) is 0 Å². The highest BCUT2D eigenvalue weighted by atomic mass is 35.5. The number of benzene rings is 1. The zero-order valence-electron chi connectivity index (χ0n) is 15.5. The lowest BCUT2D eigenvalue weighted by Gasteiger charge is -2.32. The van der Waals surface area contributed by atoms with Gasteiger partial charge in [0.1, 0.15) is 0 Å². The number of nitrogens with one attached hydrogen (secondary N) is 2.